The number of carbonyl (C=O) groups excluding carboxylic acids is 5. The van der Waals surface area contributed by atoms with Crippen LogP contribution in [0, 0.1) is 35.0 Å². The van der Waals surface area contributed by atoms with Gasteiger partial charge in [0.1, 0.15) is 10.1 Å². The highest BCUT2D eigenvalue weighted by atomic mass is 32.2. The highest BCUT2D eigenvalue weighted by molar-refractivity contribution is 8.47. The van der Waals surface area contributed by atoms with Crippen molar-refractivity contribution in [1.82, 2.24) is 15.1 Å². The Morgan fingerprint density at radius 2 is 1.74 bits per heavy atom. The van der Waals surface area contributed by atoms with E-state index in [4.69, 9.17) is 17.0 Å². The number of hydrogen-bond acceptors (Lipinski definition) is 9. The molecule has 9 nitrogen and oxygen atoms in total. The van der Waals surface area contributed by atoms with Gasteiger partial charge in [0.15, 0.2) is 0 Å². The topological polar surface area (TPSA) is 113 Å². The van der Waals surface area contributed by atoms with Gasteiger partial charge in [-0.2, -0.15) is 0 Å². The Morgan fingerprint density at radius 1 is 1.14 bits per heavy atom. The number of carbonyl (C=O) groups is 5. The molecule has 1 saturated carbocycles. The number of thioether (sulfide) groups is 2. The molecule has 0 radical (unpaired) electrons. The van der Waals surface area contributed by atoms with Gasteiger partial charge in [-0.05, 0) is 71.0 Å². The zero-order valence-corrected chi connectivity index (χ0v) is 28.2. The Labute approximate surface area is 263 Å². The van der Waals surface area contributed by atoms with Crippen molar-refractivity contribution in [3.05, 3.63) is 12.2 Å². The molecule has 3 aliphatic rings. The molecule has 1 saturated heterocycles. The minimum Gasteiger partial charge on any atom is -0.463 e. The van der Waals surface area contributed by atoms with E-state index in [-0.39, 0.29) is 79.3 Å². The van der Waals surface area contributed by atoms with Gasteiger partial charge in [-0.1, -0.05) is 43.1 Å². The summed E-state index contributed by atoms with van der Waals surface area (Å²) in [6.07, 6.45) is 6.26. The van der Waals surface area contributed by atoms with Crippen LogP contribution in [-0.2, 0) is 28.7 Å². The van der Waals surface area contributed by atoms with Crippen LogP contribution in [0.15, 0.2) is 12.2 Å². The second-order valence-corrected chi connectivity index (χ2v) is 16.1. The summed E-state index contributed by atoms with van der Waals surface area (Å²) in [5, 5.41) is 2.36. The molecule has 4 unspecified atom stereocenters. The summed E-state index contributed by atoms with van der Waals surface area (Å²) in [6, 6.07) is -0.118. The Bertz CT molecular complexity index is 1080. The average Bonchev–Trinajstić information content (AvgIpc) is 3.59. The lowest BCUT2D eigenvalue weighted by Gasteiger charge is -2.30. The molecule has 2 aliphatic carbocycles. The molecule has 6 atom stereocenters. The van der Waals surface area contributed by atoms with E-state index < -0.39 is 22.6 Å². The first-order valence-corrected chi connectivity index (χ1v) is 17.0. The van der Waals surface area contributed by atoms with Crippen molar-refractivity contribution in [3.8, 4) is 0 Å². The fourth-order valence-electron chi connectivity index (χ4n) is 6.08. The smallest absolute Gasteiger partial charge is 0.311 e. The van der Waals surface area contributed by atoms with E-state index in [2.05, 4.69) is 12.2 Å². The van der Waals surface area contributed by atoms with E-state index in [1.807, 2.05) is 26.0 Å². The SMILES string of the molecule is CCCSC(=S)SC(CC(CC(C)(C)C(=O)OCCN1C(=O)[C@@H]2C3C=CC(C3)[C@@H]2C1=O)C(=O)NC(C)C)C(=O)N(C)C. The average molecular weight is 640 g/mol. The highest BCUT2D eigenvalue weighted by Gasteiger charge is 2.59. The molecule has 42 heavy (non-hydrogen) atoms. The fourth-order valence-corrected chi connectivity index (χ4v) is 8.79. The van der Waals surface area contributed by atoms with Crippen LogP contribution in [0.2, 0.25) is 0 Å². The van der Waals surface area contributed by atoms with Gasteiger partial charge < -0.3 is 15.0 Å². The van der Waals surface area contributed by atoms with Crippen LogP contribution in [-0.4, -0.2) is 87.2 Å². The Kier molecular flexibility index (Phi) is 12.1. The first-order valence-electron chi connectivity index (χ1n) is 14.7. The summed E-state index contributed by atoms with van der Waals surface area (Å²) in [5.74, 6) is -1.39. The van der Waals surface area contributed by atoms with E-state index in [1.165, 1.54) is 33.3 Å². The molecule has 2 bridgehead atoms. The van der Waals surface area contributed by atoms with Crippen LogP contribution in [0.5, 0.6) is 0 Å². The summed E-state index contributed by atoms with van der Waals surface area (Å²) in [5.41, 5.74) is -1.06. The van der Waals surface area contributed by atoms with Crippen LogP contribution in [0.3, 0.4) is 0 Å². The van der Waals surface area contributed by atoms with E-state index in [9.17, 15) is 24.0 Å². The zero-order chi connectivity index (χ0) is 31.4. The molecule has 12 heteroatoms. The lowest BCUT2D eigenvalue weighted by Crippen LogP contribution is -2.43. The van der Waals surface area contributed by atoms with Crippen molar-refractivity contribution in [2.45, 2.75) is 71.6 Å². The van der Waals surface area contributed by atoms with Crippen molar-refractivity contribution >= 4 is 68.9 Å². The maximum absolute atomic E-state index is 13.3. The molecule has 1 aliphatic heterocycles. The van der Waals surface area contributed by atoms with Gasteiger partial charge in [0.25, 0.3) is 0 Å². The molecular weight excluding hydrogens is 595 g/mol. The van der Waals surface area contributed by atoms with Crippen LogP contribution in [0.4, 0.5) is 0 Å². The number of nitrogens with one attached hydrogen (secondary N) is 1. The number of thiocarbonyl (C=S) groups is 1. The second kappa shape index (κ2) is 14.7. The Morgan fingerprint density at radius 3 is 2.26 bits per heavy atom. The first kappa shape index (κ1) is 34.6. The van der Waals surface area contributed by atoms with E-state index >= 15 is 0 Å². The van der Waals surface area contributed by atoms with Gasteiger partial charge in [0.2, 0.25) is 23.6 Å². The Hall–Kier alpha value is -1.92. The third-order valence-electron chi connectivity index (χ3n) is 8.10. The molecule has 3 rings (SSSR count). The predicted octanol–water partition coefficient (Wildman–Crippen LogP) is 3.90. The molecular formula is C30H45N3O6S3. The molecule has 1 N–H and O–H groups in total. The van der Waals surface area contributed by atoms with Crippen molar-refractivity contribution in [1.29, 1.82) is 0 Å². The van der Waals surface area contributed by atoms with E-state index in [0.717, 1.165) is 18.6 Å². The lowest BCUT2D eigenvalue weighted by atomic mass is 9.80. The molecule has 0 spiro atoms. The number of imide groups is 1. The maximum Gasteiger partial charge on any atom is 0.311 e. The standard InChI is InChI=1S/C30H45N3O6S3/c1-8-13-41-29(40)42-21(25(35)32(6)7)15-20(24(34)31-17(2)3)16-30(4,5)28(38)39-12-11-33-26(36)22-18-9-10-19(14-18)23(22)27(33)37/h9-10,17-23H,8,11-16H2,1-7H3,(H,31,34)/t18?,19?,20?,21?,22-,23+. The number of likely N-dealkylation sites (tertiary alicyclic amines) is 1. The molecule has 234 valence electrons. The number of fused-ring (bicyclic) bond motifs is 5. The number of allylic oxidation sites excluding steroid dienone is 2. The molecule has 2 fully saturated rings. The van der Waals surface area contributed by atoms with Crippen LogP contribution in [0.1, 0.15) is 60.3 Å². The number of hydrogen-bond donors (Lipinski definition) is 1. The molecule has 4 amide bonds. The summed E-state index contributed by atoms with van der Waals surface area (Å²) in [6.45, 7) is 9.11. The molecule has 1 heterocycles. The number of nitrogens with zero attached hydrogens (tertiary/aromatic N) is 2. The fraction of sp³-hybridized carbons (Fsp3) is 0.733. The first-order chi connectivity index (χ1) is 19.7. The van der Waals surface area contributed by atoms with Crippen molar-refractivity contribution in [2.75, 3.05) is 33.0 Å². The predicted molar refractivity (Wildman–Crippen MR) is 171 cm³/mol. The molecule has 0 aromatic carbocycles. The van der Waals surface area contributed by atoms with Gasteiger partial charge in [-0.25, -0.2) is 0 Å². The van der Waals surface area contributed by atoms with Gasteiger partial charge in [0, 0.05) is 26.1 Å². The van der Waals surface area contributed by atoms with Crippen molar-refractivity contribution < 1.29 is 28.7 Å². The number of ether oxygens (including phenoxy) is 1. The largest absolute Gasteiger partial charge is 0.463 e. The third kappa shape index (κ3) is 8.16. The van der Waals surface area contributed by atoms with Gasteiger partial charge in [-0.15, -0.1) is 11.8 Å². The molecule has 0 aromatic rings. The monoisotopic (exact) mass is 639 g/mol. The number of rotatable bonds is 14. The minimum absolute atomic E-state index is 0.0200. The lowest BCUT2D eigenvalue weighted by molar-refractivity contribution is -0.158. The summed E-state index contributed by atoms with van der Waals surface area (Å²) in [4.78, 5) is 68.4. The van der Waals surface area contributed by atoms with E-state index in [0.29, 0.717) is 3.53 Å². The summed E-state index contributed by atoms with van der Waals surface area (Å²) in [7, 11) is 3.35. The van der Waals surface area contributed by atoms with Crippen LogP contribution in [0.25, 0.3) is 0 Å². The molecule has 0 aromatic heterocycles. The Balaban J connectivity index is 1.65. The second-order valence-electron chi connectivity index (χ2n) is 12.6. The highest BCUT2D eigenvalue weighted by Crippen LogP contribution is 2.52. The number of amides is 4. The van der Waals surface area contributed by atoms with Gasteiger partial charge >= 0.3 is 5.97 Å². The van der Waals surface area contributed by atoms with Crippen molar-refractivity contribution in [3.63, 3.8) is 0 Å². The van der Waals surface area contributed by atoms with Gasteiger partial charge in [0.05, 0.1) is 29.0 Å². The minimum atomic E-state index is -1.06. The third-order valence-corrected chi connectivity index (χ3v) is 11.1. The van der Waals surface area contributed by atoms with E-state index in [1.54, 1.807) is 27.9 Å². The van der Waals surface area contributed by atoms with Crippen molar-refractivity contribution in [2.24, 2.45) is 35.0 Å². The summed E-state index contributed by atoms with van der Waals surface area (Å²) >= 11 is 8.33. The normalized spacial score (nSPS) is 24.1. The maximum atomic E-state index is 13.3. The van der Waals surface area contributed by atoms with Crippen LogP contribution < -0.4 is 5.32 Å². The number of esters is 1. The summed E-state index contributed by atoms with van der Waals surface area (Å²) < 4.78 is 6.23. The van der Waals surface area contributed by atoms with Crippen LogP contribution >= 0.6 is 35.7 Å². The quantitative estimate of drug-likeness (QED) is 0.131. The van der Waals surface area contributed by atoms with Gasteiger partial charge in [-0.3, -0.25) is 28.9 Å². The zero-order valence-electron chi connectivity index (χ0n) is 25.7.